The number of carbonyl (C=O) groups excluding carboxylic acids is 2. The van der Waals surface area contributed by atoms with Crippen molar-refractivity contribution in [2.45, 2.75) is 51.2 Å². The number of amides is 1. The summed E-state index contributed by atoms with van der Waals surface area (Å²) in [6, 6.07) is 7.29. The number of aromatic amines is 1. The fraction of sp³-hybridized carbons (Fsp3) is 0.500. The monoisotopic (exact) mass is 369 g/mol. The van der Waals surface area contributed by atoms with E-state index in [0.717, 1.165) is 25.7 Å². The SMILES string of the molecule is C[C@@H](OC(=O)[C@H]1CC(=O)N(C2CCCC2)C1)c1nc2ccccc2c(=O)[nH]1. The van der Waals surface area contributed by atoms with Gasteiger partial charge >= 0.3 is 5.97 Å². The number of likely N-dealkylation sites (tertiary alicyclic amines) is 1. The first-order chi connectivity index (χ1) is 13.0. The Bertz CT molecular complexity index is 932. The van der Waals surface area contributed by atoms with Crippen LogP contribution in [0.15, 0.2) is 29.1 Å². The van der Waals surface area contributed by atoms with Crippen molar-refractivity contribution in [1.29, 1.82) is 0 Å². The van der Waals surface area contributed by atoms with Crippen LogP contribution in [0.4, 0.5) is 0 Å². The van der Waals surface area contributed by atoms with Gasteiger partial charge in [0.15, 0.2) is 11.9 Å². The second-order valence-electron chi connectivity index (χ2n) is 7.43. The van der Waals surface area contributed by atoms with Crippen LogP contribution in [0.2, 0.25) is 0 Å². The average Bonchev–Trinajstić information content (AvgIpc) is 3.31. The predicted octanol–water partition coefficient (Wildman–Crippen LogP) is 2.32. The number of aromatic nitrogens is 2. The van der Waals surface area contributed by atoms with E-state index in [1.807, 2.05) is 4.90 Å². The highest BCUT2D eigenvalue weighted by Crippen LogP contribution is 2.30. The summed E-state index contributed by atoms with van der Waals surface area (Å²) >= 11 is 0. The van der Waals surface area contributed by atoms with Crippen molar-refractivity contribution in [3.8, 4) is 0 Å². The van der Waals surface area contributed by atoms with Crippen molar-refractivity contribution in [1.82, 2.24) is 14.9 Å². The van der Waals surface area contributed by atoms with Gasteiger partial charge in [0.25, 0.3) is 5.56 Å². The largest absolute Gasteiger partial charge is 0.454 e. The minimum absolute atomic E-state index is 0.0359. The molecule has 1 saturated heterocycles. The van der Waals surface area contributed by atoms with Crippen molar-refractivity contribution >= 4 is 22.8 Å². The van der Waals surface area contributed by atoms with E-state index in [9.17, 15) is 14.4 Å². The maximum absolute atomic E-state index is 12.6. The molecule has 27 heavy (non-hydrogen) atoms. The van der Waals surface area contributed by atoms with Crippen molar-refractivity contribution < 1.29 is 14.3 Å². The lowest BCUT2D eigenvalue weighted by Crippen LogP contribution is -2.35. The van der Waals surface area contributed by atoms with E-state index >= 15 is 0 Å². The number of H-pyrrole nitrogens is 1. The van der Waals surface area contributed by atoms with Gasteiger partial charge in [-0.05, 0) is 31.9 Å². The smallest absolute Gasteiger partial charge is 0.311 e. The summed E-state index contributed by atoms with van der Waals surface area (Å²) in [5, 5.41) is 0.494. The Morgan fingerprint density at radius 1 is 1.26 bits per heavy atom. The zero-order valence-corrected chi connectivity index (χ0v) is 15.3. The van der Waals surface area contributed by atoms with E-state index in [-0.39, 0.29) is 23.9 Å². The van der Waals surface area contributed by atoms with Gasteiger partial charge in [-0.1, -0.05) is 25.0 Å². The zero-order chi connectivity index (χ0) is 19.0. The number of nitrogens with zero attached hydrogens (tertiary/aromatic N) is 2. The van der Waals surface area contributed by atoms with Crippen LogP contribution in [0.25, 0.3) is 10.9 Å². The van der Waals surface area contributed by atoms with E-state index < -0.39 is 18.0 Å². The van der Waals surface area contributed by atoms with Crippen molar-refractivity contribution in [3.05, 3.63) is 40.4 Å². The molecule has 1 N–H and O–H groups in total. The van der Waals surface area contributed by atoms with Crippen LogP contribution in [-0.4, -0.2) is 39.3 Å². The maximum atomic E-state index is 12.6. The van der Waals surface area contributed by atoms with Crippen LogP contribution >= 0.6 is 0 Å². The summed E-state index contributed by atoms with van der Waals surface area (Å²) in [5.74, 6) is -0.516. The number of carbonyl (C=O) groups is 2. The predicted molar refractivity (Wildman–Crippen MR) is 98.9 cm³/mol. The molecule has 2 atom stereocenters. The van der Waals surface area contributed by atoms with Crippen molar-refractivity contribution in [2.75, 3.05) is 6.54 Å². The number of fused-ring (bicyclic) bond motifs is 1. The fourth-order valence-electron chi connectivity index (χ4n) is 4.08. The molecule has 0 spiro atoms. The summed E-state index contributed by atoms with van der Waals surface area (Å²) in [5.41, 5.74) is 0.296. The third kappa shape index (κ3) is 3.46. The summed E-state index contributed by atoms with van der Waals surface area (Å²) < 4.78 is 5.53. The van der Waals surface area contributed by atoms with Gasteiger partial charge in [-0.15, -0.1) is 0 Å². The van der Waals surface area contributed by atoms with Gasteiger partial charge in [0, 0.05) is 19.0 Å². The molecule has 0 bridgehead atoms. The van der Waals surface area contributed by atoms with E-state index in [2.05, 4.69) is 9.97 Å². The average molecular weight is 369 g/mol. The molecule has 2 heterocycles. The highest BCUT2D eigenvalue weighted by atomic mass is 16.5. The van der Waals surface area contributed by atoms with Crippen LogP contribution in [-0.2, 0) is 14.3 Å². The van der Waals surface area contributed by atoms with Crippen molar-refractivity contribution in [3.63, 3.8) is 0 Å². The molecular formula is C20H23N3O4. The second kappa shape index (κ2) is 7.13. The van der Waals surface area contributed by atoms with Gasteiger partial charge in [0.2, 0.25) is 5.91 Å². The maximum Gasteiger partial charge on any atom is 0.311 e. The van der Waals surface area contributed by atoms with Crippen LogP contribution in [0, 0.1) is 5.92 Å². The van der Waals surface area contributed by atoms with Gasteiger partial charge in [-0.2, -0.15) is 0 Å². The van der Waals surface area contributed by atoms with E-state index in [0.29, 0.717) is 23.3 Å². The molecule has 7 nitrogen and oxygen atoms in total. The summed E-state index contributed by atoms with van der Waals surface area (Å²) in [6.07, 6.45) is 3.83. The number of hydrogen-bond acceptors (Lipinski definition) is 5. The van der Waals surface area contributed by atoms with Gasteiger partial charge in [-0.25, -0.2) is 4.98 Å². The first-order valence-corrected chi connectivity index (χ1v) is 9.52. The topological polar surface area (TPSA) is 92.4 Å². The number of hydrogen-bond donors (Lipinski definition) is 1. The molecular weight excluding hydrogens is 346 g/mol. The number of nitrogens with one attached hydrogen (secondary N) is 1. The molecule has 1 aromatic carbocycles. The van der Waals surface area contributed by atoms with Crippen LogP contribution in [0.5, 0.6) is 0 Å². The van der Waals surface area contributed by atoms with Gasteiger partial charge < -0.3 is 14.6 Å². The Morgan fingerprint density at radius 2 is 2.00 bits per heavy atom. The third-order valence-electron chi connectivity index (χ3n) is 5.57. The molecule has 1 aromatic heterocycles. The van der Waals surface area contributed by atoms with E-state index in [1.54, 1.807) is 31.2 Å². The quantitative estimate of drug-likeness (QED) is 0.835. The minimum Gasteiger partial charge on any atom is -0.454 e. The Morgan fingerprint density at radius 3 is 2.78 bits per heavy atom. The molecule has 0 radical (unpaired) electrons. The standard InChI is InChI=1S/C20H23N3O4/c1-12(18-21-16-9-5-4-8-15(16)19(25)22-18)27-20(26)13-10-17(24)23(11-13)14-6-2-3-7-14/h4-5,8-9,12-14H,2-3,6-7,10-11H2,1H3,(H,21,22,25)/t12-,13+/m1/s1. The Hall–Kier alpha value is -2.70. The molecule has 142 valence electrons. The highest BCUT2D eigenvalue weighted by Gasteiger charge is 2.40. The third-order valence-corrected chi connectivity index (χ3v) is 5.57. The zero-order valence-electron chi connectivity index (χ0n) is 15.3. The van der Waals surface area contributed by atoms with Gasteiger partial charge in [0.1, 0.15) is 0 Å². The highest BCUT2D eigenvalue weighted by molar-refractivity contribution is 5.87. The number of rotatable bonds is 4. The van der Waals surface area contributed by atoms with E-state index in [4.69, 9.17) is 4.74 Å². The molecule has 1 aliphatic heterocycles. The summed E-state index contributed by atoms with van der Waals surface area (Å²) in [6.45, 7) is 2.10. The molecule has 1 aliphatic carbocycles. The number of para-hydroxylation sites is 1. The van der Waals surface area contributed by atoms with Crippen LogP contribution in [0.1, 0.15) is 51.0 Å². The molecule has 1 amide bonds. The number of ether oxygens (including phenoxy) is 1. The minimum atomic E-state index is -0.689. The lowest BCUT2D eigenvalue weighted by Gasteiger charge is -2.24. The first kappa shape index (κ1) is 17.7. The molecule has 4 rings (SSSR count). The lowest BCUT2D eigenvalue weighted by molar-refractivity contribution is -0.153. The van der Waals surface area contributed by atoms with Crippen LogP contribution in [0.3, 0.4) is 0 Å². The van der Waals surface area contributed by atoms with Crippen LogP contribution < -0.4 is 5.56 Å². The van der Waals surface area contributed by atoms with Gasteiger partial charge in [-0.3, -0.25) is 14.4 Å². The molecule has 2 aliphatic rings. The fourth-order valence-corrected chi connectivity index (χ4v) is 4.08. The molecule has 1 saturated carbocycles. The molecule has 7 heteroatoms. The van der Waals surface area contributed by atoms with Gasteiger partial charge in [0.05, 0.1) is 16.8 Å². The first-order valence-electron chi connectivity index (χ1n) is 9.52. The van der Waals surface area contributed by atoms with Crippen molar-refractivity contribution in [2.24, 2.45) is 5.92 Å². The normalized spacial score (nSPS) is 21.7. The summed E-state index contributed by atoms with van der Waals surface area (Å²) in [7, 11) is 0. The Kier molecular flexibility index (Phi) is 4.68. The molecule has 0 unspecified atom stereocenters. The summed E-state index contributed by atoms with van der Waals surface area (Å²) in [4.78, 5) is 46.0. The molecule has 2 aromatic rings. The second-order valence-corrected chi connectivity index (χ2v) is 7.43. The number of benzene rings is 1. The Balaban J connectivity index is 1.45. The lowest BCUT2D eigenvalue weighted by atomic mass is 10.1. The number of esters is 1. The van der Waals surface area contributed by atoms with E-state index in [1.165, 1.54) is 0 Å². The molecule has 2 fully saturated rings. The Labute approximate surface area is 156 Å².